The fraction of sp³-hybridized carbons (Fsp3) is 0.296. The van der Waals surface area contributed by atoms with E-state index in [2.05, 4.69) is 46.0 Å². The number of nitrogens with zero attached hydrogens (tertiary/aromatic N) is 2. The van der Waals surface area contributed by atoms with Crippen LogP contribution < -0.4 is 4.74 Å². The van der Waals surface area contributed by atoms with E-state index in [0.29, 0.717) is 13.1 Å². The molecule has 1 aliphatic heterocycles. The Morgan fingerprint density at radius 1 is 1.00 bits per heavy atom. The molecule has 0 amide bonds. The van der Waals surface area contributed by atoms with Crippen molar-refractivity contribution in [3.8, 4) is 16.9 Å². The molecular formula is C27H27F3N2O2. The van der Waals surface area contributed by atoms with Crippen LogP contribution in [0.15, 0.2) is 60.7 Å². The molecule has 0 bridgehead atoms. The highest BCUT2D eigenvalue weighted by atomic mass is 19.4. The van der Waals surface area contributed by atoms with Crippen molar-refractivity contribution < 1.29 is 22.7 Å². The van der Waals surface area contributed by atoms with Crippen molar-refractivity contribution in [3.63, 3.8) is 0 Å². The van der Waals surface area contributed by atoms with E-state index in [0.717, 1.165) is 46.2 Å². The van der Waals surface area contributed by atoms with Crippen LogP contribution in [0.5, 0.6) is 5.75 Å². The van der Waals surface area contributed by atoms with Gasteiger partial charge in [0, 0.05) is 19.6 Å². The number of hydrogen-bond donors (Lipinski definition) is 0. The molecule has 7 heteroatoms. The normalized spacial score (nSPS) is 16.0. The van der Waals surface area contributed by atoms with Crippen molar-refractivity contribution in [1.82, 2.24) is 9.80 Å². The molecule has 1 unspecified atom stereocenters. The third-order valence-electron chi connectivity index (χ3n) is 5.99. The highest BCUT2D eigenvalue weighted by Gasteiger charge is 2.33. The van der Waals surface area contributed by atoms with Crippen LogP contribution in [0, 0.1) is 6.92 Å². The summed E-state index contributed by atoms with van der Waals surface area (Å²) in [7, 11) is 4.08. The lowest BCUT2D eigenvalue weighted by molar-refractivity contribution is -0.274. The number of fused-ring (bicyclic) bond motifs is 1. The number of benzene rings is 3. The molecule has 3 aromatic rings. The van der Waals surface area contributed by atoms with E-state index < -0.39 is 12.4 Å². The lowest BCUT2D eigenvalue weighted by Crippen LogP contribution is -2.23. The van der Waals surface area contributed by atoms with Gasteiger partial charge in [0.15, 0.2) is 0 Å². The number of rotatable bonds is 7. The smallest absolute Gasteiger partial charge is 0.406 e. The molecule has 1 heterocycles. The Balaban J connectivity index is 1.54. The van der Waals surface area contributed by atoms with Gasteiger partial charge >= 0.3 is 6.36 Å². The van der Waals surface area contributed by atoms with Crippen LogP contribution in [0.3, 0.4) is 0 Å². The van der Waals surface area contributed by atoms with E-state index in [1.54, 1.807) is 12.1 Å². The number of aryl methyl sites for hydroxylation is 1. The zero-order chi connectivity index (χ0) is 24.5. The monoisotopic (exact) mass is 468 g/mol. The number of halogens is 3. The van der Waals surface area contributed by atoms with Crippen molar-refractivity contribution in [2.75, 3.05) is 14.1 Å². The van der Waals surface area contributed by atoms with Crippen molar-refractivity contribution in [1.29, 1.82) is 0 Å². The van der Waals surface area contributed by atoms with Gasteiger partial charge in [0.2, 0.25) is 0 Å². The molecule has 0 radical (unpaired) electrons. The zero-order valence-corrected chi connectivity index (χ0v) is 19.4. The van der Waals surface area contributed by atoms with Crippen molar-refractivity contribution in [2.24, 2.45) is 0 Å². The minimum atomic E-state index is -4.72. The van der Waals surface area contributed by atoms with Gasteiger partial charge in [0.05, 0.1) is 6.04 Å². The van der Waals surface area contributed by atoms with Crippen molar-refractivity contribution in [2.45, 2.75) is 39.0 Å². The van der Waals surface area contributed by atoms with E-state index in [9.17, 15) is 18.0 Å². The Morgan fingerprint density at radius 3 is 2.24 bits per heavy atom. The molecule has 0 fully saturated rings. The fourth-order valence-corrected chi connectivity index (χ4v) is 4.60. The molecule has 0 aromatic heterocycles. The summed E-state index contributed by atoms with van der Waals surface area (Å²) in [5.74, 6) is -0.259. The highest BCUT2D eigenvalue weighted by Crippen LogP contribution is 2.39. The second-order valence-corrected chi connectivity index (χ2v) is 8.98. The molecule has 4 nitrogen and oxygen atoms in total. The van der Waals surface area contributed by atoms with E-state index in [1.165, 1.54) is 17.7 Å². The van der Waals surface area contributed by atoms with E-state index in [4.69, 9.17) is 0 Å². The first-order chi connectivity index (χ1) is 16.1. The third-order valence-corrected chi connectivity index (χ3v) is 5.99. The van der Waals surface area contributed by atoms with Crippen LogP contribution in [0.25, 0.3) is 11.1 Å². The maximum Gasteiger partial charge on any atom is 0.573 e. The molecular weight excluding hydrogens is 441 g/mol. The van der Waals surface area contributed by atoms with E-state index >= 15 is 0 Å². The Kier molecular flexibility index (Phi) is 6.77. The summed E-state index contributed by atoms with van der Waals surface area (Å²) in [6, 6.07) is 18.1. The van der Waals surface area contributed by atoms with Crippen LogP contribution in [0.1, 0.15) is 33.9 Å². The maximum atomic E-state index is 12.4. The number of carbonyl (C=O) groups excluding carboxylic acids is 1. The van der Waals surface area contributed by atoms with Gasteiger partial charge < -0.3 is 14.4 Å². The molecule has 0 spiro atoms. The third kappa shape index (κ3) is 5.48. The number of alkyl halides is 3. The lowest BCUT2D eigenvalue weighted by atomic mass is 9.93. The lowest BCUT2D eigenvalue weighted by Gasteiger charge is -2.21. The summed E-state index contributed by atoms with van der Waals surface area (Å²) in [4.78, 5) is 16.2. The number of ether oxygens (including phenoxy) is 1. The van der Waals surface area contributed by atoms with Crippen LogP contribution in [-0.4, -0.2) is 36.5 Å². The van der Waals surface area contributed by atoms with Gasteiger partial charge in [-0.05, 0) is 78.2 Å². The molecule has 1 atom stereocenters. The first kappa shape index (κ1) is 24.0. The molecule has 178 valence electrons. The molecule has 1 aliphatic rings. The van der Waals surface area contributed by atoms with Crippen LogP contribution in [-0.2, 0) is 24.4 Å². The van der Waals surface area contributed by atoms with Gasteiger partial charge in [-0.25, -0.2) is 0 Å². The van der Waals surface area contributed by atoms with Crippen LogP contribution in [0.2, 0.25) is 0 Å². The average Bonchev–Trinajstić information content (AvgIpc) is 3.11. The minimum absolute atomic E-state index is 0.259. The van der Waals surface area contributed by atoms with Gasteiger partial charge in [-0.15, -0.1) is 13.2 Å². The molecule has 0 saturated carbocycles. The van der Waals surface area contributed by atoms with E-state index in [-0.39, 0.29) is 5.75 Å². The molecule has 3 aromatic carbocycles. The summed E-state index contributed by atoms with van der Waals surface area (Å²) in [6.45, 7) is 3.93. The quantitative estimate of drug-likeness (QED) is 0.406. The number of hydrogen-bond acceptors (Lipinski definition) is 4. The summed E-state index contributed by atoms with van der Waals surface area (Å²) in [5, 5.41) is 0. The number of carbonyl (C=O) groups is 1. The van der Waals surface area contributed by atoms with Gasteiger partial charge in [0.1, 0.15) is 12.0 Å². The maximum absolute atomic E-state index is 12.4. The topological polar surface area (TPSA) is 32.8 Å². The van der Waals surface area contributed by atoms with Crippen LogP contribution in [0.4, 0.5) is 13.2 Å². The second kappa shape index (κ2) is 9.60. The standard InChI is InChI=1S/C27H27F3N2O2/c1-18-12-22(21-8-4-19(5-9-21)14-31(2)3)13-23-16-32(25(17-33)26(18)23)15-20-6-10-24(11-7-20)34-27(28,29)30/h4-13,17,25H,14-16H2,1-3H3. The van der Waals surface area contributed by atoms with E-state index in [1.807, 2.05) is 25.9 Å². The molecule has 0 saturated heterocycles. The number of aldehydes is 1. The predicted octanol–water partition coefficient (Wildman–Crippen LogP) is 5.88. The average molecular weight is 469 g/mol. The minimum Gasteiger partial charge on any atom is -0.406 e. The predicted molar refractivity (Wildman–Crippen MR) is 125 cm³/mol. The molecule has 34 heavy (non-hydrogen) atoms. The summed E-state index contributed by atoms with van der Waals surface area (Å²) in [6.07, 6.45) is -3.78. The molecule has 4 rings (SSSR count). The first-order valence-electron chi connectivity index (χ1n) is 11.0. The van der Waals surface area contributed by atoms with Crippen molar-refractivity contribution >= 4 is 6.29 Å². The van der Waals surface area contributed by atoms with Crippen LogP contribution >= 0.6 is 0 Å². The van der Waals surface area contributed by atoms with Gasteiger partial charge in [-0.3, -0.25) is 4.90 Å². The Morgan fingerprint density at radius 2 is 1.65 bits per heavy atom. The highest BCUT2D eigenvalue weighted by molar-refractivity contribution is 5.72. The summed E-state index contributed by atoms with van der Waals surface area (Å²) < 4.78 is 41.2. The largest absolute Gasteiger partial charge is 0.573 e. The second-order valence-electron chi connectivity index (χ2n) is 8.98. The first-order valence-corrected chi connectivity index (χ1v) is 11.0. The zero-order valence-electron chi connectivity index (χ0n) is 19.4. The Bertz CT molecular complexity index is 1160. The SMILES string of the molecule is Cc1cc(-c2ccc(CN(C)C)cc2)cc2c1C(C=O)N(Cc1ccc(OC(F)(F)F)cc1)C2. The van der Waals surface area contributed by atoms with Crippen molar-refractivity contribution in [3.05, 3.63) is 88.5 Å². The fourth-order valence-electron chi connectivity index (χ4n) is 4.60. The Labute approximate surface area is 197 Å². The molecule has 0 N–H and O–H groups in total. The molecule has 0 aliphatic carbocycles. The van der Waals surface area contributed by atoms with Gasteiger partial charge in [-0.1, -0.05) is 42.5 Å². The van der Waals surface area contributed by atoms with Gasteiger partial charge in [-0.2, -0.15) is 0 Å². The van der Waals surface area contributed by atoms with Gasteiger partial charge in [0.25, 0.3) is 0 Å². The summed E-state index contributed by atoms with van der Waals surface area (Å²) in [5.41, 5.74) is 7.44. The Hall–Kier alpha value is -3.16. The summed E-state index contributed by atoms with van der Waals surface area (Å²) >= 11 is 0.